The van der Waals surface area contributed by atoms with Crippen molar-refractivity contribution in [3.8, 4) is 0 Å². The lowest BCUT2D eigenvalue weighted by molar-refractivity contribution is -0.160. The molecule has 2 nitrogen and oxygen atoms in total. The molecule has 0 saturated carbocycles. The summed E-state index contributed by atoms with van der Waals surface area (Å²) < 4.78 is 35.9. The van der Waals surface area contributed by atoms with Crippen molar-refractivity contribution in [3.63, 3.8) is 0 Å². The molecule has 88 valence electrons. The quantitative estimate of drug-likeness (QED) is 0.648. The second-order valence-electron chi connectivity index (χ2n) is 4.52. The Bertz CT molecular complexity index is 265. The van der Waals surface area contributed by atoms with Crippen LogP contribution in [0.3, 0.4) is 0 Å². The van der Waals surface area contributed by atoms with Crippen molar-refractivity contribution < 1.29 is 18.0 Å². The lowest BCUT2D eigenvalue weighted by Crippen LogP contribution is -2.33. The molecule has 1 aliphatic heterocycles. The Hall–Kier alpha value is -0.450. The van der Waals surface area contributed by atoms with Gasteiger partial charge in [-0.05, 0) is 0 Å². The van der Waals surface area contributed by atoms with E-state index in [-0.39, 0.29) is 23.9 Å². The third kappa shape index (κ3) is 3.26. The molecule has 1 rings (SSSR count). The SMILES string of the molecule is CC1(C)CN(C(=O)CC(F)(F)F)CC1Cl. The number of amides is 1. The minimum atomic E-state index is -4.44. The normalized spacial score (nSPS) is 25.7. The average molecular weight is 244 g/mol. The second kappa shape index (κ2) is 3.85. The monoisotopic (exact) mass is 243 g/mol. The number of rotatable bonds is 1. The lowest BCUT2D eigenvalue weighted by atomic mass is 9.92. The van der Waals surface area contributed by atoms with Crippen LogP contribution in [0.2, 0.25) is 0 Å². The summed E-state index contributed by atoms with van der Waals surface area (Å²) in [7, 11) is 0. The van der Waals surface area contributed by atoms with E-state index in [2.05, 4.69) is 0 Å². The number of nitrogens with zero attached hydrogens (tertiary/aromatic N) is 1. The fourth-order valence-corrected chi connectivity index (χ4v) is 1.81. The first-order valence-corrected chi connectivity index (χ1v) is 5.04. The van der Waals surface area contributed by atoms with E-state index in [0.29, 0.717) is 0 Å². The van der Waals surface area contributed by atoms with Crippen molar-refractivity contribution >= 4 is 17.5 Å². The summed E-state index contributed by atoms with van der Waals surface area (Å²) >= 11 is 5.94. The van der Waals surface area contributed by atoms with Gasteiger partial charge >= 0.3 is 6.18 Å². The van der Waals surface area contributed by atoms with Gasteiger partial charge in [0.2, 0.25) is 5.91 Å². The zero-order valence-corrected chi connectivity index (χ0v) is 9.32. The summed E-state index contributed by atoms with van der Waals surface area (Å²) in [6, 6.07) is 0. The van der Waals surface area contributed by atoms with Gasteiger partial charge in [-0.3, -0.25) is 4.79 Å². The van der Waals surface area contributed by atoms with E-state index >= 15 is 0 Å². The van der Waals surface area contributed by atoms with Crippen molar-refractivity contribution in [2.24, 2.45) is 5.41 Å². The molecule has 0 aromatic carbocycles. The van der Waals surface area contributed by atoms with Gasteiger partial charge in [-0.25, -0.2) is 0 Å². The van der Waals surface area contributed by atoms with Crippen LogP contribution in [-0.4, -0.2) is 35.4 Å². The van der Waals surface area contributed by atoms with Crippen LogP contribution in [0.15, 0.2) is 0 Å². The van der Waals surface area contributed by atoms with Crippen LogP contribution in [0, 0.1) is 5.41 Å². The highest BCUT2D eigenvalue weighted by molar-refractivity contribution is 6.21. The molecule has 1 saturated heterocycles. The Morgan fingerprint density at radius 2 is 2.07 bits per heavy atom. The highest BCUT2D eigenvalue weighted by atomic mass is 35.5. The van der Waals surface area contributed by atoms with E-state index in [1.54, 1.807) is 0 Å². The Kier molecular flexibility index (Phi) is 3.24. The van der Waals surface area contributed by atoms with Crippen LogP contribution in [0.4, 0.5) is 13.2 Å². The molecule has 1 unspecified atom stereocenters. The minimum Gasteiger partial charge on any atom is -0.340 e. The van der Waals surface area contributed by atoms with Gasteiger partial charge in [0.05, 0.1) is 5.38 Å². The number of hydrogen-bond acceptors (Lipinski definition) is 1. The fourth-order valence-electron chi connectivity index (χ4n) is 1.57. The molecule has 1 amide bonds. The van der Waals surface area contributed by atoms with Crippen LogP contribution in [0.1, 0.15) is 20.3 Å². The third-order valence-corrected chi connectivity index (χ3v) is 3.26. The number of halogens is 4. The van der Waals surface area contributed by atoms with Crippen LogP contribution >= 0.6 is 11.6 Å². The van der Waals surface area contributed by atoms with E-state index in [0.717, 1.165) is 0 Å². The molecular weight excluding hydrogens is 231 g/mol. The molecule has 0 aromatic heterocycles. The van der Waals surface area contributed by atoms with Gasteiger partial charge in [0.15, 0.2) is 0 Å². The smallest absolute Gasteiger partial charge is 0.340 e. The molecule has 1 fully saturated rings. The Balaban J connectivity index is 2.58. The summed E-state index contributed by atoms with van der Waals surface area (Å²) in [5.41, 5.74) is -0.317. The van der Waals surface area contributed by atoms with Crippen LogP contribution < -0.4 is 0 Å². The van der Waals surface area contributed by atoms with Crippen molar-refractivity contribution in [2.45, 2.75) is 31.8 Å². The predicted molar refractivity (Wildman–Crippen MR) is 50.7 cm³/mol. The van der Waals surface area contributed by atoms with E-state index in [9.17, 15) is 18.0 Å². The molecule has 0 radical (unpaired) electrons. The molecule has 0 bridgehead atoms. The maximum atomic E-state index is 12.0. The molecule has 1 heterocycles. The summed E-state index contributed by atoms with van der Waals surface area (Å²) in [6.45, 7) is 4.16. The van der Waals surface area contributed by atoms with Gasteiger partial charge in [-0.15, -0.1) is 11.6 Å². The first kappa shape index (κ1) is 12.6. The van der Waals surface area contributed by atoms with Crippen LogP contribution in [-0.2, 0) is 4.79 Å². The van der Waals surface area contributed by atoms with Crippen molar-refractivity contribution in [2.75, 3.05) is 13.1 Å². The van der Waals surface area contributed by atoms with Gasteiger partial charge in [-0.2, -0.15) is 13.2 Å². The number of carbonyl (C=O) groups is 1. The highest BCUT2D eigenvalue weighted by Crippen LogP contribution is 2.34. The lowest BCUT2D eigenvalue weighted by Gasteiger charge is -2.21. The molecule has 6 heteroatoms. The van der Waals surface area contributed by atoms with E-state index in [4.69, 9.17) is 11.6 Å². The maximum Gasteiger partial charge on any atom is 0.397 e. The standard InChI is InChI=1S/C9H13ClF3NO/c1-8(2)5-14(4-6(8)10)7(15)3-9(11,12)13/h6H,3-5H2,1-2H3. The van der Waals surface area contributed by atoms with E-state index < -0.39 is 18.5 Å². The predicted octanol–water partition coefficient (Wildman–Crippen LogP) is 2.41. The average Bonchev–Trinajstić information content (AvgIpc) is 2.23. The molecule has 1 aliphatic rings. The Labute approximate surface area is 91.4 Å². The Morgan fingerprint density at radius 3 is 2.40 bits per heavy atom. The van der Waals surface area contributed by atoms with Gasteiger partial charge < -0.3 is 4.90 Å². The molecule has 0 aliphatic carbocycles. The summed E-state index contributed by atoms with van der Waals surface area (Å²) in [6.07, 6.45) is -5.84. The highest BCUT2D eigenvalue weighted by Gasteiger charge is 2.42. The molecule has 1 atom stereocenters. The van der Waals surface area contributed by atoms with Crippen LogP contribution in [0.25, 0.3) is 0 Å². The molecule has 0 aromatic rings. The number of carbonyl (C=O) groups excluding carboxylic acids is 1. The van der Waals surface area contributed by atoms with E-state index in [1.165, 1.54) is 4.90 Å². The number of hydrogen-bond donors (Lipinski definition) is 0. The Morgan fingerprint density at radius 1 is 1.53 bits per heavy atom. The van der Waals surface area contributed by atoms with Crippen molar-refractivity contribution in [1.29, 1.82) is 0 Å². The van der Waals surface area contributed by atoms with E-state index in [1.807, 2.05) is 13.8 Å². The summed E-state index contributed by atoms with van der Waals surface area (Å²) in [5.74, 6) is -0.890. The molecule has 0 spiro atoms. The minimum absolute atomic E-state index is 0.198. The first-order chi connectivity index (χ1) is 6.62. The maximum absolute atomic E-state index is 12.0. The summed E-state index contributed by atoms with van der Waals surface area (Å²) in [5, 5.41) is -0.283. The summed E-state index contributed by atoms with van der Waals surface area (Å²) in [4.78, 5) is 12.4. The van der Waals surface area contributed by atoms with Crippen LogP contribution in [0.5, 0.6) is 0 Å². The first-order valence-electron chi connectivity index (χ1n) is 4.60. The van der Waals surface area contributed by atoms with Crippen molar-refractivity contribution in [1.82, 2.24) is 4.90 Å². The molecule has 15 heavy (non-hydrogen) atoms. The zero-order chi connectivity index (χ0) is 11.9. The van der Waals surface area contributed by atoms with Gasteiger partial charge in [0.25, 0.3) is 0 Å². The van der Waals surface area contributed by atoms with Gasteiger partial charge in [0, 0.05) is 18.5 Å². The van der Waals surface area contributed by atoms with Gasteiger partial charge in [-0.1, -0.05) is 13.8 Å². The zero-order valence-electron chi connectivity index (χ0n) is 8.57. The van der Waals surface area contributed by atoms with Crippen molar-refractivity contribution in [3.05, 3.63) is 0 Å². The third-order valence-electron chi connectivity index (χ3n) is 2.53. The number of alkyl halides is 4. The molecular formula is C9H13ClF3NO. The number of likely N-dealkylation sites (tertiary alicyclic amines) is 1. The van der Waals surface area contributed by atoms with Gasteiger partial charge in [0.1, 0.15) is 6.42 Å². The second-order valence-corrected chi connectivity index (χ2v) is 5.05. The fraction of sp³-hybridized carbons (Fsp3) is 0.889. The topological polar surface area (TPSA) is 20.3 Å². The largest absolute Gasteiger partial charge is 0.397 e. The molecule has 0 N–H and O–H groups in total.